The molecule has 102 valence electrons. The highest BCUT2D eigenvalue weighted by molar-refractivity contribution is 5.88. The van der Waals surface area contributed by atoms with Crippen LogP contribution in [0.4, 0.5) is 5.69 Å². The summed E-state index contributed by atoms with van der Waals surface area (Å²) in [7, 11) is 0. The van der Waals surface area contributed by atoms with E-state index in [1.165, 1.54) is 6.92 Å². The Morgan fingerprint density at radius 3 is 2.58 bits per heavy atom. The van der Waals surface area contributed by atoms with Gasteiger partial charge in [0.1, 0.15) is 0 Å². The summed E-state index contributed by atoms with van der Waals surface area (Å²) in [6.07, 6.45) is -0.224. The fraction of sp³-hybridized carbons (Fsp3) is 0.308. The lowest BCUT2D eigenvalue weighted by Gasteiger charge is -2.07. The number of aliphatic carboxylic acids is 1. The van der Waals surface area contributed by atoms with Crippen molar-refractivity contribution in [1.82, 2.24) is 5.32 Å². The van der Waals surface area contributed by atoms with E-state index in [4.69, 9.17) is 5.11 Å². The molecule has 0 unspecified atom stereocenters. The molecule has 0 heterocycles. The lowest BCUT2D eigenvalue weighted by molar-refractivity contribution is -0.138. The standard InChI is InChI=1S/C13H16N2O4/c1-9(16)15-11-4-2-3-10(7-11)8-14-12(17)5-6-13(18)19/h2-4,7H,5-6,8H2,1H3,(H,14,17)(H,15,16)(H,18,19). The number of hydrogen-bond donors (Lipinski definition) is 3. The van der Waals surface area contributed by atoms with E-state index in [9.17, 15) is 14.4 Å². The van der Waals surface area contributed by atoms with Crippen molar-refractivity contribution in [3.05, 3.63) is 29.8 Å². The molecule has 0 aromatic heterocycles. The highest BCUT2D eigenvalue weighted by Gasteiger charge is 2.05. The average Bonchev–Trinajstić information content (AvgIpc) is 2.33. The summed E-state index contributed by atoms with van der Waals surface area (Å²) >= 11 is 0. The molecule has 0 atom stereocenters. The lowest BCUT2D eigenvalue weighted by Crippen LogP contribution is -2.23. The first-order valence-electron chi connectivity index (χ1n) is 5.82. The molecule has 0 aliphatic carbocycles. The van der Waals surface area contributed by atoms with Gasteiger partial charge in [-0.1, -0.05) is 12.1 Å². The number of rotatable bonds is 6. The number of benzene rings is 1. The molecule has 6 heteroatoms. The van der Waals surface area contributed by atoms with Crippen LogP contribution in [-0.4, -0.2) is 22.9 Å². The average molecular weight is 264 g/mol. The minimum Gasteiger partial charge on any atom is -0.481 e. The second-order valence-electron chi connectivity index (χ2n) is 4.05. The summed E-state index contributed by atoms with van der Waals surface area (Å²) in [6.45, 7) is 1.71. The first-order valence-corrected chi connectivity index (χ1v) is 5.82. The number of nitrogens with one attached hydrogen (secondary N) is 2. The third-order valence-corrected chi connectivity index (χ3v) is 2.30. The Bertz CT molecular complexity index is 485. The van der Waals surface area contributed by atoms with Crippen LogP contribution in [0.1, 0.15) is 25.3 Å². The summed E-state index contributed by atoms with van der Waals surface area (Å²) in [5, 5.41) is 13.7. The highest BCUT2D eigenvalue weighted by Crippen LogP contribution is 2.10. The van der Waals surface area contributed by atoms with Crippen LogP contribution in [0.15, 0.2) is 24.3 Å². The summed E-state index contributed by atoms with van der Waals surface area (Å²) in [5.74, 6) is -1.47. The predicted molar refractivity (Wildman–Crippen MR) is 69.5 cm³/mol. The minimum atomic E-state index is -0.997. The van der Waals surface area contributed by atoms with Gasteiger partial charge in [-0.05, 0) is 17.7 Å². The van der Waals surface area contributed by atoms with Crippen molar-refractivity contribution in [3.63, 3.8) is 0 Å². The van der Waals surface area contributed by atoms with Gasteiger partial charge < -0.3 is 15.7 Å². The Balaban J connectivity index is 2.46. The largest absolute Gasteiger partial charge is 0.481 e. The van der Waals surface area contributed by atoms with Gasteiger partial charge in [0.15, 0.2) is 0 Å². The van der Waals surface area contributed by atoms with E-state index in [-0.39, 0.29) is 24.7 Å². The maximum atomic E-state index is 11.3. The maximum Gasteiger partial charge on any atom is 0.303 e. The van der Waals surface area contributed by atoms with E-state index in [0.29, 0.717) is 12.2 Å². The number of carbonyl (C=O) groups is 3. The van der Waals surface area contributed by atoms with Gasteiger partial charge in [0.2, 0.25) is 11.8 Å². The molecule has 0 bridgehead atoms. The van der Waals surface area contributed by atoms with Crippen LogP contribution >= 0.6 is 0 Å². The van der Waals surface area contributed by atoms with Crippen molar-refractivity contribution in [2.75, 3.05) is 5.32 Å². The van der Waals surface area contributed by atoms with Crippen LogP contribution < -0.4 is 10.6 Å². The molecule has 0 aliphatic rings. The van der Waals surface area contributed by atoms with Gasteiger partial charge in [-0.25, -0.2) is 0 Å². The molecular weight excluding hydrogens is 248 g/mol. The smallest absolute Gasteiger partial charge is 0.303 e. The molecule has 0 radical (unpaired) electrons. The Kier molecular flexibility index (Phi) is 5.53. The lowest BCUT2D eigenvalue weighted by atomic mass is 10.2. The summed E-state index contributed by atoms with van der Waals surface area (Å²) in [5.41, 5.74) is 1.49. The Morgan fingerprint density at radius 2 is 1.95 bits per heavy atom. The van der Waals surface area contributed by atoms with E-state index in [0.717, 1.165) is 5.56 Å². The minimum absolute atomic E-state index is 0.0410. The zero-order valence-corrected chi connectivity index (χ0v) is 10.6. The second kappa shape index (κ2) is 7.15. The van der Waals surface area contributed by atoms with E-state index in [2.05, 4.69) is 10.6 Å². The molecule has 0 saturated carbocycles. The molecule has 0 spiro atoms. The number of amides is 2. The summed E-state index contributed by atoms with van der Waals surface area (Å²) < 4.78 is 0. The molecular formula is C13H16N2O4. The zero-order valence-electron chi connectivity index (χ0n) is 10.6. The van der Waals surface area contributed by atoms with Crippen LogP contribution in [0.3, 0.4) is 0 Å². The van der Waals surface area contributed by atoms with Gasteiger partial charge in [-0.2, -0.15) is 0 Å². The van der Waals surface area contributed by atoms with Crippen molar-refractivity contribution in [2.24, 2.45) is 0 Å². The van der Waals surface area contributed by atoms with Crippen molar-refractivity contribution >= 4 is 23.5 Å². The second-order valence-corrected chi connectivity index (χ2v) is 4.05. The van der Waals surface area contributed by atoms with E-state index in [1.807, 2.05) is 6.07 Å². The van der Waals surface area contributed by atoms with Crippen LogP contribution in [0, 0.1) is 0 Å². The van der Waals surface area contributed by atoms with Gasteiger partial charge in [0.25, 0.3) is 0 Å². The molecule has 3 N–H and O–H groups in total. The van der Waals surface area contributed by atoms with Crippen LogP contribution in [0.5, 0.6) is 0 Å². The molecule has 1 rings (SSSR count). The van der Waals surface area contributed by atoms with Crippen molar-refractivity contribution < 1.29 is 19.5 Å². The van der Waals surface area contributed by atoms with Gasteiger partial charge in [-0.15, -0.1) is 0 Å². The highest BCUT2D eigenvalue weighted by atomic mass is 16.4. The number of hydrogen-bond acceptors (Lipinski definition) is 3. The van der Waals surface area contributed by atoms with Gasteiger partial charge in [0, 0.05) is 25.6 Å². The van der Waals surface area contributed by atoms with Crippen LogP contribution in [0.2, 0.25) is 0 Å². The van der Waals surface area contributed by atoms with Gasteiger partial charge in [-0.3, -0.25) is 14.4 Å². The maximum absolute atomic E-state index is 11.3. The first kappa shape index (κ1) is 14.7. The Morgan fingerprint density at radius 1 is 1.21 bits per heavy atom. The molecule has 1 aromatic carbocycles. The molecule has 6 nitrogen and oxygen atoms in total. The SMILES string of the molecule is CC(=O)Nc1cccc(CNC(=O)CCC(=O)O)c1. The number of carboxylic acid groups (broad SMARTS) is 1. The van der Waals surface area contributed by atoms with Crippen LogP contribution in [-0.2, 0) is 20.9 Å². The predicted octanol–water partition coefficient (Wildman–Crippen LogP) is 1.13. The topological polar surface area (TPSA) is 95.5 Å². The Labute approximate surface area is 110 Å². The summed E-state index contributed by atoms with van der Waals surface area (Å²) in [6, 6.07) is 7.07. The monoisotopic (exact) mass is 264 g/mol. The molecule has 0 saturated heterocycles. The third-order valence-electron chi connectivity index (χ3n) is 2.30. The molecule has 19 heavy (non-hydrogen) atoms. The van der Waals surface area contributed by atoms with E-state index >= 15 is 0 Å². The normalized spacial score (nSPS) is 9.74. The summed E-state index contributed by atoms with van der Waals surface area (Å²) in [4.78, 5) is 32.5. The van der Waals surface area contributed by atoms with Crippen molar-refractivity contribution in [2.45, 2.75) is 26.3 Å². The van der Waals surface area contributed by atoms with Gasteiger partial charge in [0.05, 0.1) is 6.42 Å². The third kappa shape index (κ3) is 6.21. The van der Waals surface area contributed by atoms with Gasteiger partial charge >= 0.3 is 5.97 Å². The van der Waals surface area contributed by atoms with Crippen molar-refractivity contribution in [3.8, 4) is 0 Å². The molecule has 0 aliphatic heterocycles. The van der Waals surface area contributed by atoms with Crippen LogP contribution in [0.25, 0.3) is 0 Å². The molecule has 2 amide bonds. The zero-order chi connectivity index (χ0) is 14.3. The molecule has 0 fully saturated rings. The number of carbonyl (C=O) groups excluding carboxylic acids is 2. The first-order chi connectivity index (χ1) is 8.97. The molecule has 1 aromatic rings. The number of carboxylic acids is 1. The fourth-order valence-corrected chi connectivity index (χ4v) is 1.47. The quantitative estimate of drug-likeness (QED) is 0.717. The fourth-order valence-electron chi connectivity index (χ4n) is 1.47. The number of anilines is 1. The van der Waals surface area contributed by atoms with E-state index in [1.54, 1.807) is 18.2 Å². The van der Waals surface area contributed by atoms with E-state index < -0.39 is 5.97 Å². The van der Waals surface area contributed by atoms with Crippen molar-refractivity contribution in [1.29, 1.82) is 0 Å². The Hall–Kier alpha value is -2.37.